The molecule has 0 bridgehead atoms. The molecule has 2 rings (SSSR count). The maximum atomic E-state index is 3.92. The van der Waals surface area contributed by atoms with Crippen molar-refractivity contribution in [2.75, 3.05) is 5.32 Å². The monoisotopic (exact) mass is 179 g/mol. The topological polar surface area (TPSA) is 40.7 Å². The van der Waals surface area contributed by atoms with Gasteiger partial charge in [-0.1, -0.05) is 20.3 Å². The molecule has 3 nitrogen and oxygen atoms in total. The van der Waals surface area contributed by atoms with E-state index < -0.39 is 0 Å². The van der Waals surface area contributed by atoms with Crippen LogP contribution in [0.1, 0.15) is 33.1 Å². The van der Waals surface area contributed by atoms with Crippen molar-refractivity contribution in [1.82, 2.24) is 10.2 Å². The summed E-state index contributed by atoms with van der Waals surface area (Å²) in [4.78, 5) is 0. The Morgan fingerprint density at radius 2 is 2.46 bits per heavy atom. The molecule has 1 aliphatic carbocycles. The van der Waals surface area contributed by atoms with Crippen molar-refractivity contribution in [3.63, 3.8) is 0 Å². The van der Waals surface area contributed by atoms with Crippen LogP contribution in [0.2, 0.25) is 0 Å². The Kier molecular flexibility index (Phi) is 2.02. The number of aromatic nitrogens is 2. The molecule has 0 aromatic carbocycles. The second-order valence-electron chi connectivity index (χ2n) is 4.56. The SMILES string of the molecule is CC1(C)CCCC1Nc1cn[nH]c1. The largest absolute Gasteiger partial charge is 0.379 e. The summed E-state index contributed by atoms with van der Waals surface area (Å²) in [5.41, 5.74) is 1.54. The van der Waals surface area contributed by atoms with Gasteiger partial charge < -0.3 is 5.32 Å². The summed E-state index contributed by atoms with van der Waals surface area (Å²) >= 11 is 0. The zero-order valence-corrected chi connectivity index (χ0v) is 8.30. The molecule has 1 unspecified atom stereocenters. The molecule has 0 spiro atoms. The molecule has 0 aliphatic heterocycles. The Labute approximate surface area is 78.9 Å². The average Bonchev–Trinajstić information content (AvgIpc) is 2.63. The van der Waals surface area contributed by atoms with Crippen LogP contribution >= 0.6 is 0 Å². The zero-order valence-electron chi connectivity index (χ0n) is 8.30. The molecule has 1 aromatic rings. The molecule has 1 atom stereocenters. The molecule has 0 radical (unpaired) electrons. The van der Waals surface area contributed by atoms with Crippen molar-refractivity contribution in [2.24, 2.45) is 5.41 Å². The number of aromatic amines is 1. The number of hydrogen-bond donors (Lipinski definition) is 2. The van der Waals surface area contributed by atoms with E-state index in [4.69, 9.17) is 0 Å². The standard InChI is InChI=1S/C10H17N3/c1-10(2)5-3-4-9(10)13-8-6-11-12-7-8/h6-7,9,13H,3-5H2,1-2H3,(H,11,12). The molecule has 1 aliphatic rings. The molecule has 0 amide bonds. The number of H-pyrrole nitrogens is 1. The fourth-order valence-corrected chi connectivity index (χ4v) is 2.13. The van der Waals surface area contributed by atoms with Gasteiger partial charge in [-0.3, -0.25) is 5.10 Å². The maximum Gasteiger partial charge on any atom is 0.0726 e. The summed E-state index contributed by atoms with van der Waals surface area (Å²) in [5, 5.41) is 10.3. The van der Waals surface area contributed by atoms with Gasteiger partial charge in [-0.15, -0.1) is 0 Å². The third-order valence-corrected chi connectivity index (χ3v) is 3.10. The Hall–Kier alpha value is -0.990. The highest BCUT2D eigenvalue weighted by atomic mass is 15.1. The van der Waals surface area contributed by atoms with E-state index in [1.807, 2.05) is 12.4 Å². The van der Waals surface area contributed by atoms with Crippen LogP contribution in [-0.4, -0.2) is 16.2 Å². The Morgan fingerprint density at radius 1 is 1.62 bits per heavy atom. The lowest BCUT2D eigenvalue weighted by Crippen LogP contribution is -2.30. The predicted molar refractivity (Wildman–Crippen MR) is 53.6 cm³/mol. The molecule has 1 fully saturated rings. The first-order chi connectivity index (χ1) is 6.18. The van der Waals surface area contributed by atoms with E-state index in [1.54, 1.807) is 0 Å². The zero-order chi connectivity index (χ0) is 9.31. The van der Waals surface area contributed by atoms with E-state index in [0.29, 0.717) is 11.5 Å². The molecule has 1 saturated carbocycles. The number of hydrogen-bond acceptors (Lipinski definition) is 2. The van der Waals surface area contributed by atoms with Gasteiger partial charge in [0, 0.05) is 12.2 Å². The van der Waals surface area contributed by atoms with E-state index in [0.717, 1.165) is 5.69 Å². The maximum absolute atomic E-state index is 3.92. The van der Waals surface area contributed by atoms with E-state index in [2.05, 4.69) is 29.4 Å². The summed E-state index contributed by atoms with van der Waals surface area (Å²) in [5.74, 6) is 0. The van der Waals surface area contributed by atoms with Crippen LogP contribution in [0.3, 0.4) is 0 Å². The van der Waals surface area contributed by atoms with Gasteiger partial charge in [-0.25, -0.2) is 0 Å². The van der Waals surface area contributed by atoms with Crippen molar-refractivity contribution in [3.8, 4) is 0 Å². The van der Waals surface area contributed by atoms with Gasteiger partial charge in [0.1, 0.15) is 0 Å². The van der Waals surface area contributed by atoms with Gasteiger partial charge in [-0.2, -0.15) is 5.10 Å². The first-order valence-corrected chi connectivity index (χ1v) is 4.94. The van der Waals surface area contributed by atoms with Gasteiger partial charge in [0.2, 0.25) is 0 Å². The number of rotatable bonds is 2. The van der Waals surface area contributed by atoms with Crippen molar-refractivity contribution in [3.05, 3.63) is 12.4 Å². The molecule has 1 aromatic heterocycles. The van der Waals surface area contributed by atoms with Crippen LogP contribution in [0.5, 0.6) is 0 Å². The predicted octanol–water partition coefficient (Wildman–Crippen LogP) is 2.40. The number of anilines is 1. The second kappa shape index (κ2) is 3.05. The van der Waals surface area contributed by atoms with Crippen LogP contribution < -0.4 is 5.32 Å². The summed E-state index contributed by atoms with van der Waals surface area (Å²) < 4.78 is 0. The molecule has 72 valence electrons. The minimum absolute atomic E-state index is 0.428. The minimum Gasteiger partial charge on any atom is -0.379 e. The number of nitrogens with one attached hydrogen (secondary N) is 2. The highest BCUT2D eigenvalue weighted by molar-refractivity contribution is 5.39. The molecule has 1 heterocycles. The van der Waals surface area contributed by atoms with E-state index >= 15 is 0 Å². The Balaban J connectivity index is 2.02. The quantitative estimate of drug-likeness (QED) is 0.732. The third-order valence-electron chi connectivity index (χ3n) is 3.10. The van der Waals surface area contributed by atoms with Crippen LogP contribution in [0.15, 0.2) is 12.4 Å². The van der Waals surface area contributed by atoms with Gasteiger partial charge in [-0.05, 0) is 18.3 Å². The highest BCUT2D eigenvalue weighted by Crippen LogP contribution is 2.38. The summed E-state index contributed by atoms with van der Waals surface area (Å²) in [7, 11) is 0. The van der Waals surface area contributed by atoms with Crippen molar-refractivity contribution in [2.45, 2.75) is 39.2 Å². The van der Waals surface area contributed by atoms with Gasteiger partial charge in [0.05, 0.1) is 11.9 Å². The molecule has 13 heavy (non-hydrogen) atoms. The minimum atomic E-state index is 0.428. The fraction of sp³-hybridized carbons (Fsp3) is 0.700. The van der Waals surface area contributed by atoms with Crippen molar-refractivity contribution >= 4 is 5.69 Å². The lowest BCUT2D eigenvalue weighted by Gasteiger charge is -2.27. The first-order valence-electron chi connectivity index (χ1n) is 4.94. The molecule has 2 N–H and O–H groups in total. The molecule has 0 saturated heterocycles. The molecule has 3 heteroatoms. The normalized spacial score (nSPS) is 26.2. The van der Waals surface area contributed by atoms with Crippen LogP contribution in [0, 0.1) is 5.41 Å². The Bertz CT molecular complexity index is 264. The van der Waals surface area contributed by atoms with Gasteiger partial charge in [0.25, 0.3) is 0 Å². The van der Waals surface area contributed by atoms with Crippen molar-refractivity contribution in [1.29, 1.82) is 0 Å². The highest BCUT2D eigenvalue weighted by Gasteiger charge is 2.34. The van der Waals surface area contributed by atoms with E-state index in [-0.39, 0.29) is 0 Å². The summed E-state index contributed by atoms with van der Waals surface area (Å²) in [6.45, 7) is 4.66. The van der Waals surface area contributed by atoms with Crippen molar-refractivity contribution < 1.29 is 0 Å². The lowest BCUT2D eigenvalue weighted by molar-refractivity contribution is 0.350. The summed E-state index contributed by atoms with van der Waals surface area (Å²) in [6, 6.07) is 0.602. The average molecular weight is 179 g/mol. The fourth-order valence-electron chi connectivity index (χ4n) is 2.13. The van der Waals surface area contributed by atoms with Gasteiger partial charge >= 0.3 is 0 Å². The van der Waals surface area contributed by atoms with E-state index in [9.17, 15) is 0 Å². The Morgan fingerprint density at radius 3 is 3.00 bits per heavy atom. The van der Waals surface area contributed by atoms with Crippen LogP contribution in [0.25, 0.3) is 0 Å². The van der Waals surface area contributed by atoms with Crippen LogP contribution in [0.4, 0.5) is 5.69 Å². The molecular formula is C10H17N3. The first kappa shape index (κ1) is 8.60. The van der Waals surface area contributed by atoms with E-state index in [1.165, 1.54) is 19.3 Å². The smallest absolute Gasteiger partial charge is 0.0726 e. The number of nitrogens with zero attached hydrogens (tertiary/aromatic N) is 1. The third kappa shape index (κ3) is 1.69. The van der Waals surface area contributed by atoms with Gasteiger partial charge in [0.15, 0.2) is 0 Å². The summed E-state index contributed by atoms with van der Waals surface area (Å²) in [6.07, 6.45) is 7.69. The molecular weight excluding hydrogens is 162 g/mol. The second-order valence-corrected chi connectivity index (χ2v) is 4.56. The lowest BCUT2D eigenvalue weighted by atomic mass is 9.87. The van der Waals surface area contributed by atoms with Crippen LogP contribution in [-0.2, 0) is 0 Å².